The monoisotopic (exact) mass is 447 g/mol. The van der Waals surface area contributed by atoms with Crippen LogP contribution in [0.3, 0.4) is 0 Å². The summed E-state index contributed by atoms with van der Waals surface area (Å²) in [7, 11) is 0. The second-order valence-corrected chi connectivity index (χ2v) is 10.1. The molecule has 5 heteroatoms. The summed E-state index contributed by atoms with van der Waals surface area (Å²) in [5.41, 5.74) is 5.70. The van der Waals surface area contributed by atoms with Gasteiger partial charge in [0.15, 0.2) is 0 Å². The fourth-order valence-corrected chi connectivity index (χ4v) is 5.25. The molecule has 0 radical (unpaired) electrons. The van der Waals surface area contributed by atoms with Gasteiger partial charge in [-0.2, -0.15) is 0 Å². The minimum atomic E-state index is -0.397. The summed E-state index contributed by atoms with van der Waals surface area (Å²) in [6, 6.07) is 16.3. The summed E-state index contributed by atoms with van der Waals surface area (Å²) >= 11 is 1.44. The van der Waals surface area contributed by atoms with Crippen LogP contribution in [-0.4, -0.2) is 18.0 Å². The number of hydrogen-bond donors (Lipinski definition) is 1. The van der Waals surface area contributed by atoms with E-state index in [2.05, 4.69) is 35.6 Å². The van der Waals surface area contributed by atoms with Crippen molar-refractivity contribution in [3.05, 3.63) is 75.7 Å². The minimum Gasteiger partial charge on any atom is -0.459 e. The zero-order valence-corrected chi connectivity index (χ0v) is 20.0. The van der Waals surface area contributed by atoms with E-state index in [0.29, 0.717) is 10.6 Å². The molecule has 1 amide bonds. The molecule has 4 rings (SSSR count). The number of aryl methyl sites for hydroxylation is 3. The van der Waals surface area contributed by atoms with Gasteiger partial charge in [0.25, 0.3) is 0 Å². The lowest BCUT2D eigenvalue weighted by Gasteiger charge is -2.13. The quantitative estimate of drug-likeness (QED) is 0.431. The molecule has 1 heterocycles. The van der Waals surface area contributed by atoms with Crippen LogP contribution in [0, 0.1) is 26.7 Å². The predicted octanol–water partition coefficient (Wildman–Crippen LogP) is 6.65. The number of benzene rings is 2. The van der Waals surface area contributed by atoms with Crippen LogP contribution in [-0.2, 0) is 9.53 Å². The van der Waals surface area contributed by atoms with Crippen molar-refractivity contribution < 1.29 is 14.3 Å². The van der Waals surface area contributed by atoms with Crippen LogP contribution in [0.4, 0.5) is 5.00 Å². The van der Waals surface area contributed by atoms with Crippen molar-refractivity contribution >= 4 is 28.2 Å². The number of carbonyl (C=O) groups is 2. The predicted molar refractivity (Wildman–Crippen MR) is 130 cm³/mol. The molecule has 4 nitrogen and oxygen atoms in total. The Balaban J connectivity index is 1.68. The Morgan fingerprint density at radius 2 is 1.78 bits per heavy atom. The smallest absolute Gasteiger partial charge is 0.342 e. The van der Waals surface area contributed by atoms with Gasteiger partial charge in [-0.3, -0.25) is 4.79 Å². The van der Waals surface area contributed by atoms with Gasteiger partial charge in [-0.15, -0.1) is 11.3 Å². The molecule has 1 N–H and O–H groups in total. The number of esters is 1. The number of hydrogen-bond acceptors (Lipinski definition) is 4. The van der Waals surface area contributed by atoms with E-state index in [0.717, 1.165) is 33.6 Å². The van der Waals surface area contributed by atoms with Crippen LogP contribution in [0.5, 0.6) is 0 Å². The Morgan fingerprint density at radius 1 is 1.06 bits per heavy atom. The molecule has 166 valence electrons. The highest BCUT2D eigenvalue weighted by atomic mass is 32.1. The van der Waals surface area contributed by atoms with E-state index in [1.807, 2.05) is 52.8 Å². The van der Waals surface area contributed by atoms with Gasteiger partial charge in [-0.05, 0) is 63.6 Å². The number of ether oxygens (including phenoxy) is 1. The average molecular weight is 448 g/mol. The molecule has 1 fully saturated rings. The van der Waals surface area contributed by atoms with Crippen LogP contribution in [0.15, 0.2) is 48.5 Å². The van der Waals surface area contributed by atoms with Crippen molar-refractivity contribution in [1.82, 2.24) is 0 Å². The number of nitrogens with one attached hydrogen (secondary N) is 1. The number of thiophene rings is 1. The lowest BCUT2D eigenvalue weighted by Crippen LogP contribution is -2.18. The van der Waals surface area contributed by atoms with Crippen molar-refractivity contribution in [3.63, 3.8) is 0 Å². The molecule has 1 aromatic heterocycles. The van der Waals surface area contributed by atoms with Gasteiger partial charge in [0.1, 0.15) is 10.6 Å². The summed E-state index contributed by atoms with van der Waals surface area (Å²) in [4.78, 5) is 27.2. The first kappa shape index (κ1) is 22.3. The molecule has 0 aliphatic heterocycles. The molecule has 1 aliphatic rings. The lowest BCUT2D eigenvalue weighted by molar-refractivity contribution is -0.117. The van der Waals surface area contributed by atoms with E-state index in [-0.39, 0.29) is 23.8 Å². The molecular formula is C27H29NO3S. The summed E-state index contributed by atoms with van der Waals surface area (Å²) in [6.45, 7) is 9.74. The largest absolute Gasteiger partial charge is 0.459 e. The van der Waals surface area contributed by atoms with Crippen molar-refractivity contribution in [3.8, 4) is 11.1 Å². The maximum Gasteiger partial charge on any atom is 0.342 e. The summed E-state index contributed by atoms with van der Waals surface area (Å²) in [5, 5.41) is 3.65. The zero-order valence-electron chi connectivity index (χ0n) is 19.2. The van der Waals surface area contributed by atoms with E-state index < -0.39 is 5.97 Å². The van der Waals surface area contributed by atoms with Gasteiger partial charge in [-0.1, -0.05) is 54.1 Å². The molecular weight excluding hydrogens is 418 g/mol. The molecule has 1 aliphatic carbocycles. The number of rotatable bonds is 6. The van der Waals surface area contributed by atoms with Crippen molar-refractivity contribution in [1.29, 1.82) is 0 Å². The van der Waals surface area contributed by atoms with Crippen LogP contribution in [0.1, 0.15) is 58.1 Å². The maximum atomic E-state index is 13.2. The SMILES string of the molecule is Cc1ccc(C)c(-c2c(C)sc(NC(=O)[C@@H]3C[C@@H]3c3ccccc3)c2C(=O)OC(C)C)c1. The Labute approximate surface area is 193 Å². The fourth-order valence-electron chi connectivity index (χ4n) is 4.19. The molecule has 2 aromatic carbocycles. The van der Waals surface area contributed by atoms with Gasteiger partial charge in [0.2, 0.25) is 5.91 Å². The molecule has 2 atom stereocenters. The van der Waals surface area contributed by atoms with Crippen molar-refractivity contribution in [2.45, 2.75) is 53.1 Å². The Bertz CT molecular complexity index is 1160. The van der Waals surface area contributed by atoms with E-state index in [1.165, 1.54) is 16.9 Å². The fraction of sp³-hybridized carbons (Fsp3) is 0.333. The summed E-state index contributed by atoms with van der Waals surface area (Å²) < 4.78 is 5.59. The van der Waals surface area contributed by atoms with Crippen molar-refractivity contribution in [2.24, 2.45) is 5.92 Å². The standard InChI is InChI=1S/C27H29NO3S/c1-15(2)31-27(30)24-23(20-13-16(3)11-12-17(20)4)18(5)32-26(24)28-25(29)22-14-21(22)19-9-7-6-8-10-19/h6-13,15,21-22H,14H2,1-5H3,(H,28,29)/t21-,22-/m1/s1. The Kier molecular flexibility index (Phi) is 6.20. The Hall–Kier alpha value is -2.92. The Morgan fingerprint density at radius 3 is 2.47 bits per heavy atom. The first-order valence-corrected chi connectivity index (χ1v) is 11.9. The van der Waals surface area contributed by atoms with Crippen LogP contribution in [0.25, 0.3) is 11.1 Å². The lowest BCUT2D eigenvalue weighted by atomic mass is 9.95. The van der Waals surface area contributed by atoms with E-state index >= 15 is 0 Å². The third kappa shape index (κ3) is 4.49. The number of anilines is 1. The summed E-state index contributed by atoms with van der Waals surface area (Å²) in [6.07, 6.45) is 0.583. The van der Waals surface area contributed by atoms with Gasteiger partial charge < -0.3 is 10.1 Å². The first-order valence-electron chi connectivity index (χ1n) is 11.0. The second-order valence-electron chi connectivity index (χ2n) is 8.86. The summed E-state index contributed by atoms with van der Waals surface area (Å²) in [5.74, 6) is -0.267. The van der Waals surface area contributed by atoms with Crippen LogP contribution >= 0.6 is 11.3 Å². The van der Waals surface area contributed by atoms with Gasteiger partial charge in [0, 0.05) is 16.4 Å². The molecule has 32 heavy (non-hydrogen) atoms. The van der Waals surface area contributed by atoms with Crippen LogP contribution < -0.4 is 5.32 Å². The topological polar surface area (TPSA) is 55.4 Å². The molecule has 0 unspecified atom stereocenters. The average Bonchev–Trinajstić information content (AvgIpc) is 3.48. The van der Waals surface area contributed by atoms with Gasteiger partial charge in [0.05, 0.1) is 6.10 Å². The molecule has 0 saturated heterocycles. The van der Waals surface area contributed by atoms with Crippen LogP contribution in [0.2, 0.25) is 0 Å². The minimum absolute atomic E-state index is 0.0359. The zero-order chi connectivity index (χ0) is 23.0. The van der Waals surface area contributed by atoms with E-state index in [9.17, 15) is 9.59 Å². The van der Waals surface area contributed by atoms with Gasteiger partial charge in [-0.25, -0.2) is 4.79 Å². The third-order valence-electron chi connectivity index (χ3n) is 5.89. The van der Waals surface area contributed by atoms with E-state index in [4.69, 9.17) is 4.74 Å². The maximum absolute atomic E-state index is 13.2. The highest BCUT2D eigenvalue weighted by Gasteiger charge is 2.44. The molecule has 0 bridgehead atoms. The number of amides is 1. The third-order valence-corrected chi connectivity index (χ3v) is 6.91. The molecule has 0 spiro atoms. The first-order chi connectivity index (χ1) is 15.3. The normalized spacial score (nSPS) is 17.3. The van der Waals surface area contributed by atoms with E-state index in [1.54, 1.807) is 0 Å². The number of carbonyl (C=O) groups excluding carboxylic acids is 2. The highest BCUT2D eigenvalue weighted by Crippen LogP contribution is 2.49. The molecule has 3 aromatic rings. The van der Waals surface area contributed by atoms with Crippen molar-refractivity contribution in [2.75, 3.05) is 5.32 Å². The second kappa shape index (κ2) is 8.91. The molecule has 1 saturated carbocycles. The highest BCUT2D eigenvalue weighted by molar-refractivity contribution is 7.17. The van der Waals surface area contributed by atoms with Gasteiger partial charge >= 0.3 is 5.97 Å².